The molecule has 2 heterocycles. The molecule has 0 radical (unpaired) electrons. The Kier molecular flexibility index (Phi) is 11.3. The van der Waals surface area contributed by atoms with E-state index in [1.165, 1.54) is 12.8 Å². The van der Waals surface area contributed by atoms with Crippen molar-refractivity contribution in [3.05, 3.63) is 24.6 Å². The molecule has 0 aliphatic carbocycles. The summed E-state index contributed by atoms with van der Waals surface area (Å²) in [6.07, 6.45) is 7.97. The van der Waals surface area contributed by atoms with Crippen molar-refractivity contribution in [2.45, 2.75) is 144 Å². The Hall–Kier alpha value is -2.06. The summed E-state index contributed by atoms with van der Waals surface area (Å²) in [6.45, 7) is 30.0. The smallest absolute Gasteiger partial charge is 0.337 e. The van der Waals surface area contributed by atoms with Crippen LogP contribution in [0.1, 0.15) is 121 Å². The Balaban J connectivity index is 1.64. The molecule has 0 bridgehead atoms. The maximum atomic E-state index is 12.4. The molecule has 0 aromatic rings. The molecule has 40 heavy (non-hydrogen) atoms. The number of hydrogen-bond donors (Lipinski definition) is 2. The summed E-state index contributed by atoms with van der Waals surface area (Å²) >= 11 is 0. The van der Waals surface area contributed by atoms with E-state index in [-0.39, 0.29) is 23.0 Å². The van der Waals surface area contributed by atoms with Crippen LogP contribution in [0.15, 0.2) is 24.6 Å². The number of piperidine rings is 2. The quantitative estimate of drug-likeness (QED) is 0.286. The predicted octanol–water partition coefficient (Wildman–Crippen LogP) is 6.25. The highest BCUT2D eigenvalue weighted by atomic mass is 16.7. The van der Waals surface area contributed by atoms with Gasteiger partial charge < -0.3 is 20.3 Å². The third-order valence-corrected chi connectivity index (χ3v) is 7.67. The first-order valence-corrected chi connectivity index (χ1v) is 15.1. The van der Waals surface area contributed by atoms with Crippen molar-refractivity contribution in [2.75, 3.05) is 13.1 Å². The van der Waals surface area contributed by atoms with Gasteiger partial charge in [-0.15, -0.1) is 0 Å². The zero-order chi connectivity index (χ0) is 30.5. The number of nitrogens with zero attached hydrogens (tertiary/aromatic N) is 2. The lowest BCUT2D eigenvalue weighted by atomic mass is 9.87. The van der Waals surface area contributed by atoms with Crippen LogP contribution < -0.4 is 10.6 Å². The minimum Gasteiger partial charge on any atom is -0.340 e. The van der Waals surface area contributed by atoms with Crippen molar-refractivity contribution in [1.82, 2.24) is 20.8 Å². The summed E-state index contributed by atoms with van der Waals surface area (Å²) in [7, 11) is 0. The van der Waals surface area contributed by atoms with E-state index < -0.39 is 10.8 Å². The molecule has 2 unspecified atom stereocenters. The first kappa shape index (κ1) is 34.1. The van der Waals surface area contributed by atoms with E-state index in [1.807, 2.05) is 41.5 Å². The standard InChI is InChI=1S/C32H58N4O4/c1-23-19-25(21-31(9,10)35(23)39-27(37)29(3,4)5)33-17-15-13-14-16-18-34-26-20-24(2)36(32(11,12)22-26)40-28(38)30(6,7)8/h25-26,33-34H,1-2,13-22H2,3-12H3. The van der Waals surface area contributed by atoms with Crippen molar-refractivity contribution in [1.29, 1.82) is 0 Å². The van der Waals surface area contributed by atoms with Crippen molar-refractivity contribution in [3.8, 4) is 0 Å². The van der Waals surface area contributed by atoms with Crippen LogP contribution in [0.2, 0.25) is 0 Å². The lowest BCUT2D eigenvalue weighted by Crippen LogP contribution is -2.54. The van der Waals surface area contributed by atoms with Crippen molar-refractivity contribution < 1.29 is 19.3 Å². The molecule has 0 saturated carbocycles. The summed E-state index contributed by atoms with van der Waals surface area (Å²) in [5.41, 5.74) is -0.00494. The second kappa shape index (κ2) is 13.3. The fourth-order valence-corrected chi connectivity index (χ4v) is 5.43. The normalized spacial score (nSPS) is 23.2. The van der Waals surface area contributed by atoms with Crippen molar-refractivity contribution >= 4 is 11.9 Å². The van der Waals surface area contributed by atoms with Gasteiger partial charge in [-0.1, -0.05) is 26.0 Å². The van der Waals surface area contributed by atoms with Gasteiger partial charge in [0.1, 0.15) is 0 Å². The SMILES string of the molecule is C=C1CC(NCCCCCCNC2CC(=C)N(OC(=O)C(C)(C)C)C(C)(C)C2)CC(C)(C)N1OC(=O)C(C)(C)C. The Bertz CT molecular complexity index is 839. The summed E-state index contributed by atoms with van der Waals surface area (Å²) in [4.78, 5) is 36.3. The molecule has 2 rings (SSSR count). The number of rotatable bonds is 11. The molecule has 2 atom stereocenters. The minimum absolute atomic E-state index is 0.233. The molecule has 0 aromatic heterocycles. The summed E-state index contributed by atoms with van der Waals surface area (Å²) in [5.74, 6) is -0.466. The van der Waals surface area contributed by atoms with Crippen LogP contribution in [-0.2, 0) is 19.3 Å². The lowest BCUT2D eigenvalue weighted by molar-refractivity contribution is -0.219. The molecule has 0 spiro atoms. The number of nitrogens with one attached hydrogen (secondary N) is 2. The Morgan fingerprint density at radius 2 is 1.05 bits per heavy atom. The largest absolute Gasteiger partial charge is 0.340 e. The molecule has 2 N–H and O–H groups in total. The van der Waals surface area contributed by atoms with E-state index in [2.05, 4.69) is 51.5 Å². The van der Waals surface area contributed by atoms with E-state index in [1.54, 1.807) is 10.1 Å². The van der Waals surface area contributed by atoms with E-state index in [4.69, 9.17) is 9.68 Å². The molecule has 2 aliphatic rings. The van der Waals surface area contributed by atoms with Gasteiger partial charge in [-0.2, -0.15) is 0 Å². The number of hydroxylamine groups is 4. The minimum atomic E-state index is -0.549. The fraction of sp³-hybridized carbons (Fsp3) is 0.812. The summed E-state index contributed by atoms with van der Waals surface area (Å²) < 4.78 is 0. The predicted molar refractivity (Wildman–Crippen MR) is 162 cm³/mol. The molecule has 230 valence electrons. The second-order valence-corrected chi connectivity index (χ2v) is 15.1. The van der Waals surface area contributed by atoms with Gasteiger partial charge in [-0.25, -0.2) is 19.7 Å². The van der Waals surface area contributed by atoms with Gasteiger partial charge in [-0.05, 0) is 108 Å². The molecule has 0 aromatic carbocycles. The number of unbranched alkanes of at least 4 members (excludes halogenated alkanes) is 3. The first-order valence-electron chi connectivity index (χ1n) is 15.1. The van der Waals surface area contributed by atoms with Crippen LogP contribution in [0.5, 0.6) is 0 Å². The Labute approximate surface area is 244 Å². The van der Waals surface area contributed by atoms with Gasteiger partial charge >= 0.3 is 11.9 Å². The zero-order valence-electron chi connectivity index (χ0n) is 27.2. The Morgan fingerprint density at radius 1 is 0.725 bits per heavy atom. The van der Waals surface area contributed by atoms with Gasteiger partial charge in [0.25, 0.3) is 0 Å². The van der Waals surface area contributed by atoms with E-state index in [0.29, 0.717) is 12.1 Å². The van der Waals surface area contributed by atoms with Crippen LogP contribution in [0, 0.1) is 10.8 Å². The molecule has 2 fully saturated rings. The molecule has 0 amide bonds. The third-order valence-electron chi connectivity index (χ3n) is 7.67. The lowest BCUT2D eigenvalue weighted by Gasteiger charge is -2.46. The molecule has 8 nitrogen and oxygen atoms in total. The van der Waals surface area contributed by atoms with Crippen LogP contribution in [0.25, 0.3) is 0 Å². The topological polar surface area (TPSA) is 83.1 Å². The fourth-order valence-electron chi connectivity index (χ4n) is 5.43. The van der Waals surface area contributed by atoms with Gasteiger partial charge in [-0.3, -0.25) is 0 Å². The maximum absolute atomic E-state index is 12.4. The maximum Gasteiger partial charge on any atom is 0.337 e. The highest BCUT2D eigenvalue weighted by Crippen LogP contribution is 2.36. The van der Waals surface area contributed by atoms with Crippen molar-refractivity contribution in [3.63, 3.8) is 0 Å². The van der Waals surface area contributed by atoms with Crippen LogP contribution in [0.3, 0.4) is 0 Å². The van der Waals surface area contributed by atoms with Gasteiger partial charge in [0.2, 0.25) is 0 Å². The number of carbonyl (C=O) groups is 2. The van der Waals surface area contributed by atoms with Gasteiger partial charge in [0.15, 0.2) is 0 Å². The molecule has 2 aliphatic heterocycles. The molecule has 8 heteroatoms. The second-order valence-electron chi connectivity index (χ2n) is 15.1. The van der Waals surface area contributed by atoms with Crippen LogP contribution >= 0.6 is 0 Å². The monoisotopic (exact) mass is 562 g/mol. The highest BCUT2D eigenvalue weighted by molar-refractivity contribution is 5.75. The number of carbonyl (C=O) groups excluding carboxylic acids is 2. The average molecular weight is 563 g/mol. The van der Waals surface area contributed by atoms with E-state index in [9.17, 15) is 9.59 Å². The van der Waals surface area contributed by atoms with Gasteiger partial charge in [0.05, 0.1) is 21.9 Å². The summed E-state index contributed by atoms with van der Waals surface area (Å²) in [5, 5.41) is 10.9. The Morgan fingerprint density at radius 3 is 1.32 bits per heavy atom. The number of hydrogen-bond acceptors (Lipinski definition) is 8. The van der Waals surface area contributed by atoms with E-state index >= 15 is 0 Å². The molecule has 2 saturated heterocycles. The van der Waals surface area contributed by atoms with Crippen LogP contribution in [-0.4, -0.2) is 58.3 Å². The molecular formula is C32H58N4O4. The average Bonchev–Trinajstić information content (AvgIpc) is 2.78. The zero-order valence-corrected chi connectivity index (χ0v) is 27.2. The highest BCUT2D eigenvalue weighted by Gasteiger charge is 2.42. The van der Waals surface area contributed by atoms with Gasteiger partial charge in [0, 0.05) is 36.3 Å². The molecular weight excluding hydrogens is 504 g/mol. The summed E-state index contributed by atoms with van der Waals surface area (Å²) in [6, 6.07) is 0.664. The first-order chi connectivity index (χ1) is 18.2. The van der Waals surface area contributed by atoms with E-state index in [0.717, 1.165) is 63.0 Å². The van der Waals surface area contributed by atoms with Crippen LogP contribution in [0.4, 0.5) is 0 Å². The third kappa shape index (κ3) is 9.79. The van der Waals surface area contributed by atoms with Crippen molar-refractivity contribution in [2.24, 2.45) is 10.8 Å².